The highest BCUT2D eigenvalue weighted by atomic mass is 16.2. The van der Waals surface area contributed by atoms with Gasteiger partial charge in [-0.15, -0.1) is 0 Å². The zero-order valence-corrected chi connectivity index (χ0v) is 12.0. The smallest absolute Gasteiger partial charge is 0.237 e. The van der Waals surface area contributed by atoms with E-state index in [1.807, 2.05) is 14.1 Å². The Hall–Kier alpha value is -0.610. The molecule has 0 aromatic carbocycles. The Balaban J connectivity index is 4.20. The molecular weight excluding hydrogens is 214 g/mol. The molecule has 0 saturated heterocycles. The van der Waals surface area contributed by atoms with Crippen LogP contribution in [0.4, 0.5) is 0 Å². The number of carbonyl (C=O) groups excluding carboxylic acids is 1. The first-order valence-electron chi connectivity index (χ1n) is 6.59. The molecule has 0 saturated carbocycles. The minimum Gasteiger partial charge on any atom is -0.350 e. The summed E-state index contributed by atoms with van der Waals surface area (Å²) in [5, 5.41) is 3.05. The Labute approximate surface area is 106 Å². The van der Waals surface area contributed by atoms with E-state index in [9.17, 15) is 4.79 Å². The molecule has 0 heterocycles. The molecule has 0 aliphatic rings. The minimum absolute atomic E-state index is 0.0148. The van der Waals surface area contributed by atoms with Gasteiger partial charge in [-0.2, -0.15) is 0 Å². The Bertz CT molecular complexity index is 217. The molecule has 4 nitrogen and oxygen atoms in total. The van der Waals surface area contributed by atoms with E-state index in [0.29, 0.717) is 5.92 Å². The van der Waals surface area contributed by atoms with Crippen LogP contribution >= 0.6 is 0 Å². The number of unbranched alkanes of at least 4 members (excludes halogenated alkanes) is 1. The topological polar surface area (TPSA) is 58.4 Å². The van der Waals surface area contributed by atoms with Gasteiger partial charge in [0.1, 0.15) is 0 Å². The highest BCUT2D eigenvalue weighted by Gasteiger charge is 2.20. The second-order valence-electron chi connectivity index (χ2n) is 5.37. The first kappa shape index (κ1) is 16.4. The molecule has 4 heteroatoms. The average molecular weight is 243 g/mol. The van der Waals surface area contributed by atoms with Gasteiger partial charge in [0, 0.05) is 12.6 Å². The van der Waals surface area contributed by atoms with Crippen LogP contribution in [0.5, 0.6) is 0 Å². The van der Waals surface area contributed by atoms with E-state index < -0.39 is 0 Å². The van der Waals surface area contributed by atoms with E-state index in [-0.39, 0.29) is 18.0 Å². The van der Waals surface area contributed by atoms with Crippen LogP contribution in [0.1, 0.15) is 40.0 Å². The fourth-order valence-electron chi connectivity index (χ4n) is 1.66. The van der Waals surface area contributed by atoms with Crippen molar-refractivity contribution in [2.75, 3.05) is 20.6 Å². The summed E-state index contributed by atoms with van der Waals surface area (Å²) in [6.07, 6.45) is 2.86. The maximum Gasteiger partial charge on any atom is 0.237 e. The molecule has 0 aromatic heterocycles. The predicted octanol–water partition coefficient (Wildman–Crippen LogP) is 1.21. The maximum absolute atomic E-state index is 11.9. The lowest BCUT2D eigenvalue weighted by molar-refractivity contribution is -0.123. The quantitative estimate of drug-likeness (QED) is 0.673. The lowest BCUT2D eigenvalue weighted by Gasteiger charge is -2.27. The minimum atomic E-state index is -0.363. The monoisotopic (exact) mass is 243 g/mol. The molecule has 0 bridgehead atoms. The van der Waals surface area contributed by atoms with Crippen molar-refractivity contribution in [1.29, 1.82) is 0 Å². The molecule has 0 aliphatic heterocycles. The summed E-state index contributed by atoms with van der Waals surface area (Å²) in [5.41, 5.74) is 5.86. The standard InChI is InChI=1S/C13H29N3O/c1-6-7-8-11(14)13(17)15-12(10(2)3)9-16(4)5/h10-12H,6-9,14H2,1-5H3,(H,15,17). The highest BCUT2D eigenvalue weighted by Crippen LogP contribution is 2.04. The lowest BCUT2D eigenvalue weighted by Crippen LogP contribution is -2.50. The van der Waals surface area contributed by atoms with E-state index in [0.717, 1.165) is 25.8 Å². The summed E-state index contributed by atoms with van der Waals surface area (Å²) in [4.78, 5) is 14.0. The Morgan fingerprint density at radius 2 is 1.94 bits per heavy atom. The first-order valence-corrected chi connectivity index (χ1v) is 6.59. The summed E-state index contributed by atoms with van der Waals surface area (Å²) in [5.74, 6) is 0.402. The molecule has 0 spiro atoms. The molecule has 0 radical (unpaired) electrons. The highest BCUT2D eigenvalue weighted by molar-refractivity contribution is 5.81. The van der Waals surface area contributed by atoms with E-state index in [4.69, 9.17) is 5.73 Å². The van der Waals surface area contributed by atoms with Gasteiger partial charge in [-0.25, -0.2) is 0 Å². The number of nitrogens with zero attached hydrogens (tertiary/aromatic N) is 1. The third-order valence-corrected chi connectivity index (χ3v) is 2.90. The van der Waals surface area contributed by atoms with Gasteiger partial charge in [-0.05, 0) is 26.4 Å². The molecule has 0 fully saturated rings. The van der Waals surface area contributed by atoms with Gasteiger partial charge < -0.3 is 16.0 Å². The van der Waals surface area contributed by atoms with Crippen molar-refractivity contribution in [1.82, 2.24) is 10.2 Å². The summed E-state index contributed by atoms with van der Waals surface area (Å²) in [6, 6.07) is -0.191. The van der Waals surface area contributed by atoms with Gasteiger partial charge in [0.25, 0.3) is 0 Å². The van der Waals surface area contributed by atoms with Crippen LogP contribution in [-0.4, -0.2) is 43.5 Å². The molecule has 3 N–H and O–H groups in total. The van der Waals surface area contributed by atoms with E-state index in [1.165, 1.54) is 0 Å². The van der Waals surface area contributed by atoms with Gasteiger partial charge >= 0.3 is 0 Å². The SMILES string of the molecule is CCCCC(N)C(=O)NC(CN(C)C)C(C)C. The zero-order chi connectivity index (χ0) is 13.4. The van der Waals surface area contributed by atoms with Gasteiger partial charge in [0.05, 0.1) is 6.04 Å². The molecule has 2 atom stereocenters. The molecule has 17 heavy (non-hydrogen) atoms. The zero-order valence-electron chi connectivity index (χ0n) is 12.0. The van der Waals surface area contributed by atoms with Crippen molar-refractivity contribution in [3.8, 4) is 0 Å². The van der Waals surface area contributed by atoms with Crippen LogP contribution in [0.3, 0.4) is 0 Å². The molecule has 102 valence electrons. The van der Waals surface area contributed by atoms with Crippen molar-refractivity contribution in [3.05, 3.63) is 0 Å². The van der Waals surface area contributed by atoms with Crippen LogP contribution in [-0.2, 0) is 4.79 Å². The van der Waals surface area contributed by atoms with Gasteiger partial charge in [0.15, 0.2) is 0 Å². The number of nitrogens with two attached hydrogens (primary N) is 1. The van der Waals surface area contributed by atoms with Crippen LogP contribution in [0.15, 0.2) is 0 Å². The second-order valence-corrected chi connectivity index (χ2v) is 5.37. The van der Waals surface area contributed by atoms with E-state index in [1.54, 1.807) is 0 Å². The Kier molecular flexibility index (Phi) is 8.17. The second kappa shape index (κ2) is 8.48. The molecule has 0 aliphatic carbocycles. The third kappa shape index (κ3) is 7.34. The fraction of sp³-hybridized carbons (Fsp3) is 0.923. The Morgan fingerprint density at radius 3 is 2.35 bits per heavy atom. The normalized spacial score (nSPS) is 15.1. The van der Waals surface area contributed by atoms with E-state index in [2.05, 4.69) is 31.0 Å². The number of likely N-dealkylation sites (N-methyl/N-ethyl adjacent to an activating group) is 1. The van der Waals surface area contributed by atoms with Crippen molar-refractivity contribution in [3.63, 3.8) is 0 Å². The Morgan fingerprint density at radius 1 is 1.35 bits per heavy atom. The first-order chi connectivity index (χ1) is 7.88. The number of hydrogen-bond donors (Lipinski definition) is 2. The summed E-state index contributed by atoms with van der Waals surface area (Å²) in [7, 11) is 4.02. The molecule has 0 aromatic rings. The van der Waals surface area contributed by atoms with Gasteiger partial charge in [0.2, 0.25) is 5.91 Å². The van der Waals surface area contributed by atoms with Crippen molar-refractivity contribution < 1.29 is 4.79 Å². The van der Waals surface area contributed by atoms with Crippen molar-refractivity contribution in [2.45, 2.75) is 52.1 Å². The molecular formula is C13H29N3O. The van der Waals surface area contributed by atoms with Gasteiger partial charge in [-0.3, -0.25) is 4.79 Å². The molecule has 1 amide bonds. The number of nitrogens with one attached hydrogen (secondary N) is 1. The van der Waals surface area contributed by atoms with E-state index >= 15 is 0 Å². The predicted molar refractivity (Wildman–Crippen MR) is 72.8 cm³/mol. The number of rotatable bonds is 8. The van der Waals surface area contributed by atoms with Crippen LogP contribution in [0.25, 0.3) is 0 Å². The van der Waals surface area contributed by atoms with Gasteiger partial charge in [-0.1, -0.05) is 33.6 Å². The fourth-order valence-corrected chi connectivity index (χ4v) is 1.66. The summed E-state index contributed by atoms with van der Waals surface area (Å²) < 4.78 is 0. The van der Waals surface area contributed by atoms with Crippen molar-refractivity contribution in [2.24, 2.45) is 11.7 Å². The average Bonchev–Trinajstić information content (AvgIpc) is 2.23. The number of hydrogen-bond acceptors (Lipinski definition) is 3. The lowest BCUT2D eigenvalue weighted by atomic mass is 10.0. The van der Waals surface area contributed by atoms with Crippen LogP contribution in [0.2, 0.25) is 0 Å². The largest absolute Gasteiger partial charge is 0.350 e. The maximum atomic E-state index is 11.9. The number of carbonyl (C=O) groups is 1. The van der Waals surface area contributed by atoms with Crippen LogP contribution in [0, 0.1) is 5.92 Å². The third-order valence-electron chi connectivity index (χ3n) is 2.90. The summed E-state index contributed by atoms with van der Waals surface area (Å²) >= 11 is 0. The van der Waals surface area contributed by atoms with Crippen LogP contribution < -0.4 is 11.1 Å². The molecule has 0 rings (SSSR count). The number of amides is 1. The van der Waals surface area contributed by atoms with Crippen molar-refractivity contribution >= 4 is 5.91 Å². The summed E-state index contributed by atoms with van der Waals surface area (Å²) in [6.45, 7) is 7.19. The molecule has 2 unspecified atom stereocenters.